The molecule has 1 fully saturated rings. The first-order chi connectivity index (χ1) is 10.1. The van der Waals surface area contributed by atoms with Gasteiger partial charge < -0.3 is 15.4 Å². The molecule has 1 saturated carbocycles. The van der Waals surface area contributed by atoms with E-state index in [0.717, 1.165) is 38.5 Å². The minimum Gasteiger partial charge on any atom is -0.379 e. The summed E-state index contributed by atoms with van der Waals surface area (Å²) in [6.07, 6.45) is 4.67. The Morgan fingerprint density at radius 1 is 1.38 bits per heavy atom. The quantitative estimate of drug-likeness (QED) is 0.710. The third-order valence-electron chi connectivity index (χ3n) is 4.27. The van der Waals surface area contributed by atoms with Crippen LogP contribution in [0.3, 0.4) is 0 Å². The SMILES string of the molecule is CCC(N)Cc1cc(C)ccc1N(C)CCOCC1CC1. The second-order valence-electron chi connectivity index (χ2n) is 6.44. The summed E-state index contributed by atoms with van der Waals surface area (Å²) >= 11 is 0. The number of hydrogen-bond acceptors (Lipinski definition) is 3. The Morgan fingerprint density at radius 3 is 2.81 bits per heavy atom. The molecule has 0 spiro atoms. The largest absolute Gasteiger partial charge is 0.379 e. The van der Waals surface area contributed by atoms with E-state index in [2.05, 4.69) is 44.0 Å². The van der Waals surface area contributed by atoms with Gasteiger partial charge in [-0.3, -0.25) is 0 Å². The number of nitrogens with zero attached hydrogens (tertiary/aromatic N) is 1. The van der Waals surface area contributed by atoms with Crippen molar-refractivity contribution >= 4 is 5.69 Å². The highest BCUT2D eigenvalue weighted by molar-refractivity contribution is 5.54. The summed E-state index contributed by atoms with van der Waals surface area (Å²) in [5.74, 6) is 0.841. The number of likely N-dealkylation sites (N-methyl/N-ethyl adjacent to an activating group) is 1. The zero-order valence-electron chi connectivity index (χ0n) is 13.8. The van der Waals surface area contributed by atoms with Gasteiger partial charge >= 0.3 is 0 Å². The van der Waals surface area contributed by atoms with Crippen LogP contribution in [-0.2, 0) is 11.2 Å². The third kappa shape index (κ3) is 5.33. The molecule has 1 aromatic carbocycles. The van der Waals surface area contributed by atoms with Crippen LogP contribution in [0, 0.1) is 12.8 Å². The van der Waals surface area contributed by atoms with Gasteiger partial charge in [0.25, 0.3) is 0 Å². The molecule has 0 amide bonds. The summed E-state index contributed by atoms with van der Waals surface area (Å²) in [5.41, 5.74) is 10.1. The van der Waals surface area contributed by atoms with E-state index in [1.54, 1.807) is 0 Å². The fraction of sp³-hybridized carbons (Fsp3) is 0.667. The number of ether oxygens (including phenoxy) is 1. The average molecular weight is 290 g/mol. The molecule has 2 N–H and O–H groups in total. The Bertz CT molecular complexity index is 443. The number of anilines is 1. The first-order valence-corrected chi connectivity index (χ1v) is 8.24. The summed E-state index contributed by atoms with van der Waals surface area (Å²) in [4.78, 5) is 2.30. The van der Waals surface area contributed by atoms with Crippen LogP contribution in [0.4, 0.5) is 5.69 Å². The standard InChI is InChI=1S/C18H30N2O/c1-4-17(19)12-16-11-14(2)5-8-18(16)20(3)9-10-21-13-15-6-7-15/h5,8,11,15,17H,4,6-7,9-10,12-13,19H2,1-3H3. The van der Waals surface area contributed by atoms with Gasteiger partial charge in [0, 0.05) is 31.9 Å². The van der Waals surface area contributed by atoms with Gasteiger partial charge in [0.15, 0.2) is 0 Å². The lowest BCUT2D eigenvalue weighted by Gasteiger charge is -2.24. The second-order valence-corrected chi connectivity index (χ2v) is 6.44. The zero-order valence-corrected chi connectivity index (χ0v) is 13.8. The third-order valence-corrected chi connectivity index (χ3v) is 4.27. The molecule has 0 aromatic heterocycles. The Labute approximate surface area is 129 Å². The Kier molecular flexibility index (Phi) is 6.07. The van der Waals surface area contributed by atoms with Crippen molar-refractivity contribution in [2.45, 2.75) is 45.6 Å². The molecule has 1 aromatic rings. The highest BCUT2D eigenvalue weighted by atomic mass is 16.5. The number of rotatable bonds is 9. The van der Waals surface area contributed by atoms with Crippen molar-refractivity contribution in [2.24, 2.45) is 11.7 Å². The van der Waals surface area contributed by atoms with Gasteiger partial charge in [-0.05, 0) is 50.2 Å². The van der Waals surface area contributed by atoms with Crippen LogP contribution in [0.5, 0.6) is 0 Å². The van der Waals surface area contributed by atoms with Gasteiger partial charge in [-0.1, -0.05) is 24.6 Å². The summed E-state index contributed by atoms with van der Waals surface area (Å²) in [5, 5.41) is 0. The van der Waals surface area contributed by atoms with Crippen molar-refractivity contribution < 1.29 is 4.74 Å². The summed E-state index contributed by atoms with van der Waals surface area (Å²) < 4.78 is 5.75. The lowest BCUT2D eigenvalue weighted by Crippen LogP contribution is -2.27. The van der Waals surface area contributed by atoms with E-state index in [0.29, 0.717) is 0 Å². The highest BCUT2D eigenvalue weighted by Crippen LogP contribution is 2.28. The maximum Gasteiger partial charge on any atom is 0.0641 e. The fourth-order valence-electron chi connectivity index (χ4n) is 2.53. The van der Waals surface area contributed by atoms with Crippen LogP contribution in [0.1, 0.15) is 37.3 Å². The molecular weight excluding hydrogens is 260 g/mol. The predicted octanol–water partition coefficient (Wildman–Crippen LogP) is 3.14. The van der Waals surface area contributed by atoms with Crippen LogP contribution < -0.4 is 10.6 Å². The monoisotopic (exact) mass is 290 g/mol. The maximum atomic E-state index is 6.14. The highest BCUT2D eigenvalue weighted by Gasteiger charge is 2.21. The molecule has 2 rings (SSSR count). The van der Waals surface area contributed by atoms with Crippen molar-refractivity contribution in [3.05, 3.63) is 29.3 Å². The van der Waals surface area contributed by atoms with Crippen molar-refractivity contribution in [1.82, 2.24) is 0 Å². The summed E-state index contributed by atoms with van der Waals surface area (Å²) in [6.45, 7) is 6.97. The van der Waals surface area contributed by atoms with Crippen molar-refractivity contribution in [1.29, 1.82) is 0 Å². The molecule has 0 aliphatic heterocycles. The van der Waals surface area contributed by atoms with Crippen LogP contribution in [-0.4, -0.2) is 32.8 Å². The maximum absolute atomic E-state index is 6.14. The lowest BCUT2D eigenvalue weighted by molar-refractivity contribution is 0.131. The molecule has 3 nitrogen and oxygen atoms in total. The first kappa shape index (κ1) is 16.3. The normalized spacial score (nSPS) is 16.0. The number of nitrogens with two attached hydrogens (primary N) is 1. The predicted molar refractivity (Wildman–Crippen MR) is 90.0 cm³/mol. The van der Waals surface area contributed by atoms with Crippen LogP contribution >= 0.6 is 0 Å². The number of hydrogen-bond donors (Lipinski definition) is 1. The van der Waals surface area contributed by atoms with Crippen LogP contribution in [0.15, 0.2) is 18.2 Å². The molecule has 0 saturated heterocycles. The molecule has 3 heteroatoms. The number of benzene rings is 1. The molecule has 0 radical (unpaired) electrons. The Morgan fingerprint density at radius 2 is 2.14 bits per heavy atom. The molecule has 118 valence electrons. The molecule has 0 bridgehead atoms. The Hall–Kier alpha value is -1.06. The van der Waals surface area contributed by atoms with Gasteiger partial charge in [-0.25, -0.2) is 0 Å². The van der Waals surface area contributed by atoms with Gasteiger partial charge in [0.2, 0.25) is 0 Å². The summed E-state index contributed by atoms with van der Waals surface area (Å²) in [7, 11) is 2.14. The minimum absolute atomic E-state index is 0.241. The zero-order chi connectivity index (χ0) is 15.2. The van der Waals surface area contributed by atoms with Gasteiger partial charge in [-0.15, -0.1) is 0 Å². The molecular formula is C18H30N2O. The van der Waals surface area contributed by atoms with E-state index in [9.17, 15) is 0 Å². The van der Waals surface area contributed by atoms with Crippen molar-refractivity contribution in [3.63, 3.8) is 0 Å². The Balaban J connectivity index is 1.91. The van der Waals surface area contributed by atoms with Crippen LogP contribution in [0.25, 0.3) is 0 Å². The molecule has 21 heavy (non-hydrogen) atoms. The van der Waals surface area contributed by atoms with Crippen LogP contribution in [0.2, 0.25) is 0 Å². The van der Waals surface area contributed by atoms with E-state index >= 15 is 0 Å². The van der Waals surface area contributed by atoms with E-state index in [1.165, 1.54) is 29.7 Å². The van der Waals surface area contributed by atoms with E-state index in [4.69, 9.17) is 10.5 Å². The first-order valence-electron chi connectivity index (χ1n) is 8.24. The van der Waals surface area contributed by atoms with Gasteiger partial charge in [-0.2, -0.15) is 0 Å². The molecule has 0 heterocycles. The fourth-order valence-corrected chi connectivity index (χ4v) is 2.53. The van der Waals surface area contributed by atoms with Gasteiger partial charge in [0.1, 0.15) is 0 Å². The van der Waals surface area contributed by atoms with Crippen molar-refractivity contribution in [2.75, 3.05) is 31.7 Å². The number of aryl methyl sites for hydroxylation is 1. The second kappa shape index (κ2) is 7.81. The lowest BCUT2D eigenvalue weighted by atomic mass is 10.0. The van der Waals surface area contributed by atoms with Gasteiger partial charge in [0.05, 0.1) is 6.61 Å². The minimum atomic E-state index is 0.241. The van der Waals surface area contributed by atoms with E-state index < -0.39 is 0 Å². The molecule has 1 aliphatic carbocycles. The average Bonchev–Trinajstić information content (AvgIpc) is 3.27. The van der Waals surface area contributed by atoms with E-state index in [-0.39, 0.29) is 6.04 Å². The molecule has 1 unspecified atom stereocenters. The topological polar surface area (TPSA) is 38.5 Å². The molecule has 1 atom stereocenters. The van der Waals surface area contributed by atoms with Crippen molar-refractivity contribution in [3.8, 4) is 0 Å². The molecule has 1 aliphatic rings. The summed E-state index contributed by atoms with van der Waals surface area (Å²) in [6, 6.07) is 6.91. The smallest absolute Gasteiger partial charge is 0.0641 e. The van der Waals surface area contributed by atoms with E-state index in [1.807, 2.05) is 0 Å².